The molecule has 0 fully saturated rings. The first-order valence-electron chi connectivity index (χ1n) is 4.36. The standard InChI is InChI=1S/C9H10N4OS/c1-13-3-2-10-9(13)15-8-11-4-7(6-14)5-12-8/h2-5,14H,6H2,1H3. The van der Waals surface area contributed by atoms with Gasteiger partial charge in [0.2, 0.25) is 0 Å². The Morgan fingerprint density at radius 1 is 1.33 bits per heavy atom. The summed E-state index contributed by atoms with van der Waals surface area (Å²) in [7, 11) is 1.91. The molecule has 0 saturated carbocycles. The largest absolute Gasteiger partial charge is 0.392 e. The van der Waals surface area contributed by atoms with E-state index in [0.29, 0.717) is 10.7 Å². The maximum Gasteiger partial charge on any atom is 0.195 e. The van der Waals surface area contributed by atoms with Crippen LogP contribution in [0.3, 0.4) is 0 Å². The molecule has 0 bridgehead atoms. The number of aliphatic hydroxyl groups excluding tert-OH is 1. The van der Waals surface area contributed by atoms with Crippen LogP contribution in [0.5, 0.6) is 0 Å². The van der Waals surface area contributed by atoms with Crippen LogP contribution < -0.4 is 0 Å². The number of hydrogen-bond acceptors (Lipinski definition) is 5. The zero-order valence-electron chi connectivity index (χ0n) is 8.16. The summed E-state index contributed by atoms with van der Waals surface area (Å²) in [5, 5.41) is 10.3. The van der Waals surface area contributed by atoms with Crippen LogP contribution in [0, 0.1) is 0 Å². The molecular formula is C9H10N4OS. The van der Waals surface area contributed by atoms with Crippen molar-refractivity contribution in [1.82, 2.24) is 19.5 Å². The van der Waals surface area contributed by atoms with Crippen molar-refractivity contribution in [3.05, 3.63) is 30.4 Å². The molecule has 0 spiro atoms. The molecule has 2 aromatic heterocycles. The molecule has 6 heteroatoms. The number of aliphatic hydroxyl groups is 1. The molecule has 2 aromatic rings. The van der Waals surface area contributed by atoms with Gasteiger partial charge in [0.05, 0.1) is 6.61 Å². The molecule has 2 heterocycles. The number of rotatable bonds is 3. The van der Waals surface area contributed by atoms with Crippen molar-refractivity contribution in [2.24, 2.45) is 7.05 Å². The fourth-order valence-corrected chi connectivity index (χ4v) is 1.70. The smallest absolute Gasteiger partial charge is 0.195 e. The summed E-state index contributed by atoms with van der Waals surface area (Å²) in [6, 6.07) is 0. The fraction of sp³-hybridized carbons (Fsp3) is 0.222. The molecule has 15 heavy (non-hydrogen) atoms. The van der Waals surface area contributed by atoms with Crippen LogP contribution in [0.4, 0.5) is 0 Å². The van der Waals surface area contributed by atoms with E-state index in [4.69, 9.17) is 5.11 Å². The second-order valence-corrected chi connectivity index (χ2v) is 3.89. The van der Waals surface area contributed by atoms with E-state index in [-0.39, 0.29) is 6.61 Å². The molecule has 0 saturated heterocycles. The third-order valence-corrected chi connectivity index (χ3v) is 2.79. The normalized spacial score (nSPS) is 10.5. The molecule has 0 radical (unpaired) electrons. The summed E-state index contributed by atoms with van der Waals surface area (Å²) in [6.45, 7) is -0.0344. The first-order chi connectivity index (χ1) is 7.29. The quantitative estimate of drug-likeness (QED) is 0.780. The Kier molecular flexibility index (Phi) is 2.98. The predicted molar refractivity (Wildman–Crippen MR) is 55.3 cm³/mol. The summed E-state index contributed by atoms with van der Waals surface area (Å²) >= 11 is 1.39. The van der Waals surface area contributed by atoms with Crippen molar-refractivity contribution >= 4 is 11.8 Å². The van der Waals surface area contributed by atoms with E-state index in [0.717, 1.165) is 5.16 Å². The third-order valence-electron chi connectivity index (χ3n) is 1.82. The molecule has 0 aromatic carbocycles. The summed E-state index contributed by atoms with van der Waals surface area (Å²) in [5.74, 6) is 0. The van der Waals surface area contributed by atoms with Crippen LogP contribution in [-0.2, 0) is 13.7 Å². The van der Waals surface area contributed by atoms with Gasteiger partial charge in [0.25, 0.3) is 0 Å². The molecule has 78 valence electrons. The van der Waals surface area contributed by atoms with Gasteiger partial charge < -0.3 is 9.67 Å². The first-order valence-corrected chi connectivity index (χ1v) is 5.18. The molecule has 0 aliphatic heterocycles. The van der Waals surface area contributed by atoms with E-state index >= 15 is 0 Å². The first kappa shape index (κ1) is 10.1. The molecule has 0 amide bonds. The lowest BCUT2D eigenvalue weighted by Crippen LogP contribution is -1.93. The van der Waals surface area contributed by atoms with Gasteiger partial charge in [-0.1, -0.05) is 0 Å². The lowest BCUT2D eigenvalue weighted by molar-refractivity contribution is 0.280. The monoisotopic (exact) mass is 222 g/mol. The second kappa shape index (κ2) is 4.41. The Morgan fingerprint density at radius 3 is 2.60 bits per heavy atom. The van der Waals surface area contributed by atoms with Gasteiger partial charge in [-0.05, 0) is 11.8 Å². The molecule has 0 aliphatic carbocycles. The lowest BCUT2D eigenvalue weighted by Gasteiger charge is -2.00. The van der Waals surface area contributed by atoms with Gasteiger partial charge in [0, 0.05) is 37.4 Å². The number of aromatic nitrogens is 4. The molecule has 0 aliphatic rings. The van der Waals surface area contributed by atoms with Crippen LogP contribution >= 0.6 is 11.8 Å². The molecule has 0 atom stereocenters. The summed E-state index contributed by atoms with van der Waals surface area (Å²) < 4.78 is 1.90. The van der Waals surface area contributed by atoms with Gasteiger partial charge in [0.1, 0.15) is 0 Å². The highest BCUT2D eigenvalue weighted by molar-refractivity contribution is 7.99. The highest BCUT2D eigenvalue weighted by Crippen LogP contribution is 2.21. The zero-order chi connectivity index (χ0) is 10.7. The van der Waals surface area contributed by atoms with Gasteiger partial charge in [-0.3, -0.25) is 0 Å². The van der Waals surface area contributed by atoms with Crippen LogP contribution in [0.25, 0.3) is 0 Å². The molecule has 5 nitrogen and oxygen atoms in total. The van der Waals surface area contributed by atoms with Crippen molar-refractivity contribution < 1.29 is 5.11 Å². The number of imidazole rings is 1. The average molecular weight is 222 g/mol. The second-order valence-electron chi connectivity index (χ2n) is 2.95. The SMILES string of the molecule is Cn1ccnc1Sc1ncc(CO)cn1. The number of nitrogens with zero attached hydrogens (tertiary/aromatic N) is 4. The van der Waals surface area contributed by atoms with Gasteiger partial charge in [0.15, 0.2) is 10.3 Å². The predicted octanol–water partition coefficient (Wildman–Crippen LogP) is 0.854. The van der Waals surface area contributed by atoms with E-state index < -0.39 is 0 Å². The maximum atomic E-state index is 8.83. The van der Waals surface area contributed by atoms with Gasteiger partial charge in [-0.15, -0.1) is 0 Å². The highest BCUT2D eigenvalue weighted by Gasteiger charge is 2.04. The minimum absolute atomic E-state index is 0.0344. The molecular weight excluding hydrogens is 212 g/mol. The van der Waals surface area contributed by atoms with Crippen molar-refractivity contribution in [1.29, 1.82) is 0 Å². The molecule has 1 N–H and O–H groups in total. The van der Waals surface area contributed by atoms with Crippen LogP contribution in [0.15, 0.2) is 35.1 Å². The Balaban J connectivity index is 2.14. The fourth-order valence-electron chi connectivity index (χ4n) is 1.01. The summed E-state index contributed by atoms with van der Waals surface area (Å²) in [4.78, 5) is 12.4. The van der Waals surface area contributed by atoms with E-state index in [1.807, 2.05) is 17.8 Å². The van der Waals surface area contributed by atoms with Gasteiger partial charge >= 0.3 is 0 Å². The number of hydrogen-bond donors (Lipinski definition) is 1. The Labute approximate surface area is 91.2 Å². The minimum Gasteiger partial charge on any atom is -0.392 e. The third kappa shape index (κ3) is 2.34. The summed E-state index contributed by atoms with van der Waals surface area (Å²) in [5.41, 5.74) is 0.708. The molecule has 0 unspecified atom stereocenters. The Bertz CT molecular complexity index is 440. The number of aryl methyl sites for hydroxylation is 1. The van der Waals surface area contributed by atoms with Crippen molar-refractivity contribution in [2.75, 3.05) is 0 Å². The maximum absolute atomic E-state index is 8.83. The van der Waals surface area contributed by atoms with E-state index in [9.17, 15) is 0 Å². The van der Waals surface area contributed by atoms with E-state index in [1.165, 1.54) is 11.8 Å². The van der Waals surface area contributed by atoms with Crippen LogP contribution in [-0.4, -0.2) is 24.6 Å². The van der Waals surface area contributed by atoms with Gasteiger partial charge in [-0.2, -0.15) is 0 Å². The van der Waals surface area contributed by atoms with Crippen molar-refractivity contribution in [2.45, 2.75) is 16.9 Å². The summed E-state index contributed by atoms with van der Waals surface area (Å²) in [6.07, 6.45) is 6.81. The van der Waals surface area contributed by atoms with Crippen LogP contribution in [0.1, 0.15) is 5.56 Å². The topological polar surface area (TPSA) is 63.8 Å². The Morgan fingerprint density at radius 2 is 2.07 bits per heavy atom. The van der Waals surface area contributed by atoms with Crippen molar-refractivity contribution in [3.63, 3.8) is 0 Å². The van der Waals surface area contributed by atoms with Crippen LogP contribution in [0.2, 0.25) is 0 Å². The van der Waals surface area contributed by atoms with Gasteiger partial charge in [-0.25, -0.2) is 15.0 Å². The minimum atomic E-state index is -0.0344. The van der Waals surface area contributed by atoms with Crippen molar-refractivity contribution in [3.8, 4) is 0 Å². The highest BCUT2D eigenvalue weighted by atomic mass is 32.2. The van der Waals surface area contributed by atoms with E-state index in [2.05, 4.69) is 15.0 Å². The Hall–Kier alpha value is -1.40. The molecule has 2 rings (SSSR count). The average Bonchev–Trinajstić information content (AvgIpc) is 2.66. The zero-order valence-corrected chi connectivity index (χ0v) is 8.98. The lowest BCUT2D eigenvalue weighted by atomic mass is 10.4. The van der Waals surface area contributed by atoms with E-state index in [1.54, 1.807) is 18.6 Å².